The number of benzene rings is 2. The summed E-state index contributed by atoms with van der Waals surface area (Å²) < 4.78 is 12.7. The lowest BCUT2D eigenvalue weighted by molar-refractivity contribution is 0.0955. The molecule has 0 unspecified atom stereocenters. The molecule has 0 aromatic heterocycles. The molecule has 2 aromatic rings. The smallest absolute Gasteiger partial charge is 0.267 e. The number of rotatable bonds is 4. The summed E-state index contributed by atoms with van der Waals surface area (Å²) in [6, 6.07) is 13.1. The molecule has 1 N–H and O–H groups in total. The number of hydrogen-bond donors (Lipinski definition) is 1. The molecule has 3 nitrogen and oxygen atoms in total. The zero-order chi connectivity index (χ0) is 14.4. The molecule has 0 aliphatic rings. The number of halogens is 1. The maximum absolute atomic E-state index is 12.7. The Kier molecular flexibility index (Phi) is 4.90. The Bertz CT molecular complexity index is 609. The van der Waals surface area contributed by atoms with Gasteiger partial charge < -0.3 is 0 Å². The molecule has 0 bridgehead atoms. The van der Waals surface area contributed by atoms with Crippen molar-refractivity contribution in [3.63, 3.8) is 0 Å². The Morgan fingerprint density at radius 2 is 1.80 bits per heavy atom. The molecule has 1 amide bonds. The first kappa shape index (κ1) is 14.3. The molecule has 0 aliphatic heterocycles. The van der Waals surface area contributed by atoms with Gasteiger partial charge in [-0.05, 0) is 48.2 Å². The van der Waals surface area contributed by atoms with Crippen molar-refractivity contribution in [1.82, 2.24) is 5.43 Å². The van der Waals surface area contributed by atoms with Crippen molar-refractivity contribution in [2.75, 3.05) is 6.26 Å². The van der Waals surface area contributed by atoms with Crippen LogP contribution in [0.3, 0.4) is 0 Å². The minimum Gasteiger partial charge on any atom is -0.267 e. The number of hydrazone groups is 1. The standard InChI is InChI=1S/C15H13FN2OS/c1-20-14-8-2-11(3-9-14)10-17-18-15(19)12-4-6-13(16)7-5-12/h2-10H,1H3,(H,18,19)/b17-10+. The molecule has 2 rings (SSSR count). The summed E-state index contributed by atoms with van der Waals surface area (Å²) in [6.45, 7) is 0. The molecular weight excluding hydrogens is 275 g/mol. The maximum atomic E-state index is 12.7. The molecule has 0 atom stereocenters. The Balaban J connectivity index is 1.95. The molecule has 0 radical (unpaired) electrons. The first-order chi connectivity index (χ1) is 9.69. The van der Waals surface area contributed by atoms with E-state index in [-0.39, 0.29) is 11.7 Å². The largest absolute Gasteiger partial charge is 0.271 e. The lowest BCUT2D eigenvalue weighted by Crippen LogP contribution is -2.17. The van der Waals surface area contributed by atoms with Gasteiger partial charge in [-0.25, -0.2) is 9.82 Å². The molecule has 0 saturated carbocycles. The highest BCUT2D eigenvalue weighted by molar-refractivity contribution is 7.98. The summed E-state index contributed by atoms with van der Waals surface area (Å²) in [5.74, 6) is -0.749. The lowest BCUT2D eigenvalue weighted by atomic mass is 10.2. The Morgan fingerprint density at radius 1 is 1.15 bits per heavy atom. The third kappa shape index (κ3) is 3.93. The van der Waals surface area contributed by atoms with Crippen LogP contribution in [0.1, 0.15) is 15.9 Å². The number of carbonyl (C=O) groups is 1. The van der Waals surface area contributed by atoms with Gasteiger partial charge in [0, 0.05) is 10.5 Å². The molecule has 5 heteroatoms. The zero-order valence-electron chi connectivity index (χ0n) is 10.8. The first-order valence-electron chi connectivity index (χ1n) is 5.92. The SMILES string of the molecule is CSc1ccc(/C=N/NC(=O)c2ccc(F)cc2)cc1. The van der Waals surface area contributed by atoms with Gasteiger partial charge in [-0.3, -0.25) is 4.79 Å². The Hall–Kier alpha value is -2.14. The second-order valence-corrected chi connectivity index (χ2v) is 4.86. The summed E-state index contributed by atoms with van der Waals surface area (Å²) >= 11 is 1.66. The fourth-order valence-corrected chi connectivity index (χ4v) is 1.93. The van der Waals surface area contributed by atoms with Crippen LogP contribution in [0, 0.1) is 5.82 Å². The van der Waals surface area contributed by atoms with Crippen LogP contribution in [0.25, 0.3) is 0 Å². The van der Waals surface area contributed by atoms with Crippen LogP contribution in [-0.4, -0.2) is 18.4 Å². The molecule has 0 aliphatic carbocycles. The molecule has 0 saturated heterocycles. The first-order valence-corrected chi connectivity index (χ1v) is 7.14. The second-order valence-electron chi connectivity index (χ2n) is 3.98. The van der Waals surface area contributed by atoms with Crippen LogP contribution in [0.15, 0.2) is 58.5 Å². The van der Waals surface area contributed by atoms with E-state index >= 15 is 0 Å². The fraction of sp³-hybridized carbons (Fsp3) is 0.0667. The van der Waals surface area contributed by atoms with Crippen molar-refractivity contribution in [2.45, 2.75) is 4.90 Å². The van der Waals surface area contributed by atoms with Gasteiger partial charge in [0.1, 0.15) is 5.82 Å². The summed E-state index contributed by atoms with van der Waals surface area (Å²) in [5, 5.41) is 3.87. The van der Waals surface area contributed by atoms with Crippen LogP contribution in [0.2, 0.25) is 0 Å². The third-order valence-corrected chi connectivity index (χ3v) is 3.35. The van der Waals surface area contributed by atoms with Gasteiger partial charge in [0.15, 0.2) is 0 Å². The quantitative estimate of drug-likeness (QED) is 0.533. The minimum absolute atomic E-state index is 0.362. The molecule has 0 spiro atoms. The molecule has 20 heavy (non-hydrogen) atoms. The highest BCUT2D eigenvalue weighted by atomic mass is 32.2. The van der Waals surface area contributed by atoms with E-state index in [4.69, 9.17) is 0 Å². The van der Waals surface area contributed by atoms with Crippen LogP contribution in [-0.2, 0) is 0 Å². The van der Waals surface area contributed by atoms with Crippen molar-refractivity contribution in [1.29, 1.82) is 0 Å². The summed E-state index contributed by atoms with van der Waals surface area (Å²) in [4.78, 5) is 12.9. The molecule has 2 aromatic carbocycles. The van der Waals surface area contributed by atoms with Gasteiger partial charge in [0.2, 0.25) is 0 Å². The van der Waals surface area contributed by atoms with Gasteiger partial charge in [-0.1, -0.05) is 12.1 Å². The van der Waals surface area contributed by atoms with Crippen LogP contribution >= 0.6 is 11.8 Å². The van der Waals surface area contributed by atoms with Gasteiger partial charge in [0.25, 0.3) is 5.91 Å². The van der Waals surface area contributed by atoms with Gasteiger partial charge in [-0.15, -0.1) is 11.8 Å². The van der Waals surface area contributed by atoms with E-state index in [2.05, 4.69) is 10.5 Å². The molecule has 0 heterocycles. The Labute approximate surface area is 120 Å². The number of hydrogen-bond acceptors (Lipinski definition) is 3. The number of nitrogens with zero attached hydrogens (tertiary/aromatic N) is 1. The van der Waals surface area contributed by atoms with E-state index in [0.717, 1.165) is 10.5 Å². The monoisotopic (exact) mass is 288 g/mol. The van der Waals surface area contributed by atoms with Crippen molar-refractivity contribution < 1.29 is 9.18 Å². The van der Waals surface area contributed by atoms with E-state index < -0.39 is 0 Å². The van der Waals surface area contributed by atoms with Crippen LogP contribution in [0.5, 0.6) is 0 Å². The van der Waals surface area contributed by atoms with E-state index in [1.165, 1.54) is 24.3 Å². The topological polar surface area (TPSA) is 41.5 Å². The highest BCUT2D eigenvalue weighted by Crippen LogP contribution is 2.13. The van der Waals surface area contributed by atoms with Crippen molar-refractivity contribution >= 4 is 23.9 Å². The summed E-state index contributed by atoms with van der Waals surface area (Å²) in [7, 11) is 0. The summed E-state index contributed by atoms with van der Waals surface area (Å²) in [6.07, 6.45) is 3.57. The highest BCUT2D eigenvalue weighted by Gasteiger charge is 2.03. The number of carbonyl (C=O) groups excluding carboxylic acids is 1. The average molecular weight is 288 g/mol. The van der Waals surface area contributed by atoms with E-state index in [1.807, 2.05) is 30.5 Å². The molecular formula is C15H13FN2OS. The van der Waals surface area contributed by atoms with Crippen molar-refractivity contribution in [2.24, 2.45) is 5.10 Å². The van der Waals surface area contributed by atoms with Crippen LogP contribution in [0.4, 0.5) is 4.39 Å². The predicted octanol–water partition coefficient (Wildman–Crippen LogP) is 3.31. The Morgan fingerprint density at radius 3 is 2.40 bits per heavy atom. The van der Waals surface area contributed by atoms with Crippen LogP contribution < -0.4 is 5.43 Å². The minimum atomic E-state index is -0.376. The molecule has 0 fully saturated rings. The van der Waals surface area contributed by atoms with Crippen molar-refractivity contribution in [3.8, 4) is 0 Å². The third-order valence-electron chi connectivity index (χ3n) is 2.60. The summed E-state index contributed by atoms with van der Waals surface area (Å²) in [5.41, 5.74) is 3.65. The van der Waals surface area contributed by atoms with E-state index in [1.54, 1.807) is 18.0 Å². The number of amides is 1. The normalized spacial score (nSPS) is 10.7. The lowest BCUT2D eigenvalue weighted by Gasteiger charge is -2.00. The van der Waals surface area contributed by atoms with Gasteiger partial charge in [0.05, 0.1) is 6.21 Å². The fourth-order valence-electron chi connectivity index (χ4n) is 1.52. The van der Waals surface area contributed by atoms with E-state index in [9.17, 15) is 9.18 Å². The number of nitrogens with one attached hydrogen (secondary N) is 1. The maximum Gasteiger partial charge on any atom is 0.271 e. The van der Waals surface area contributed by atoms with Gasteiger partial charge >= 0.3 is 0 Å². The van der Waals surface area contributed by atoms with Gasteiger partial charge in [-0.2, -0.15) is 5.10 Å². The predicted molar refractivity (Wildman–Crippen MR) is 79.7 cm³/mol. The van der Waals surface area contributed by atoms with E-state index in [0.29, 0.717) is 5.56 Å². The second kappa shape index (κ2) is 6.86. The average Bonchev–Trinajstić information content (AvgIpc) is 2.48. The zero-order valence-corrected chi connectivity index (χ0v) is 11.7. The number of thioether (sulfide) groups is 1. The van der Waals surface area contributed by atoms with Crippen molar-refractivity contribution in [3.05, 3.63) is 65.5 Å². The molecule has 102 valence electrons.